The summed E-state index contributed by atoms with van der Waals surface area (Å²) in [4.78, 5) is 23.0. The first-order valence-corrected chi connectivity index (χ1v) is 6.20. The Balaban J connectivity index is 2.60. The lowest BCUT2D eigenvalue weighted by Crippen LogP contribution is -2.55. The van der Waals surface area contributed by atoms with Crippen LogP contribution in [0.3, 0.4) is 0 Å². The molecule has 1 fully saturated rings. The Kier molecular flexibility index (Phi) is 4.93. The summed E-state index contributed by atoms with van der Waals surface area (Å²) in [6, 6.07) is -1.07. The van der Waals surface area contributed by atoms with Crippen molar-refractivity contribution in [1.82, 2.24) is 10.6 Å². The molecule has 1 heterocycles. The lowest BCUT2D eigenvalue weighted by Gasteiger charge is -2.30. The fraction of sp³-hybridized carbons (Fsp3) is 0.833. The summed E-state index contributed by atoms with van der Waals surface area (Å²) in [7, 11) is 0. The molecular weight excluding hydrogens is 220 g/mol. The minimum absolute atomic E-state index is 0.115. The van der Waals surface area contributed by atoms with Crippen molar-refractivity contribution in [1.29, 1.82) is 0 Å². The van der Waals surface area contributed by atoms with Gasteiger partial charge in [-0.1, -0.05) is 20.8 Å². The Hall–Kier alpha value is -1.10. The van der Waals surface area contributed by atoms with Gasteiger partial charge in [0.15, 0.2) is 0 Å². The highest BCUT2D eigenvalue weighted by Crippen LogP contribution is 2.16. The first kappa shape index (κ1) is 14.0. The number of aliphatic carboxylic acids is 1. The number of rotatable bonds is 4. The van der Waals surface area contributed by atoms with Crippen LogP contribution < -0.4 is 10.6 Å². The summed E-state index contributed by atoms with van der Waals surface area (Å²) in [5.74, 6) is -1.03. The van der Waals surface area contributed by atoms with Crippen molar-refractivity contribution in [3.05, 3.63) is 0 Å². The maximum atomic E-state index is 12.0. The zero-order valence-electron chi connectivity index (χ0n) is 10.7. The third-order valence-electron chi connectivity index (χ3n) is 3.28. The van der Waals surface area contributed by atoms with E-state index in [1.54, 1.807) is 13.8 Å². The zero-order chi connectivity index (χ0) is 13.0. The molecule has 0 aliphatic carbocycles. The van der Waals surface area contributed by atoms with Gasteiger partial charge in [0.2, 0.25) is 5.91 Å². The number of nitrogens with one attached hydrogen (secondary N) is 2. The Labute approximate surface area is 102 Å². The van der Waals surface area contributed by atoms with Crippen LogP contribution in [0.5, 0.6) is 0 Å². The first-order chi connectivity index (χ1) is 7.93. The topological polar surface area (TPSA) is 78.4 Å². The van der Waals surface area contributed by atoms with Gasteiger partial charge in [0.1, 0.15) is 6.04 Å². The summed E-state index contributed by atoms with van der Waals surface area (Å²) < 4.78 is 0. The fourth-order valence-electron chi connectivity index (χ4n) is 2.16. The molecule has 3 unspecified atom stereocenters. The van der Waals surface area contributed by atoms with Crippen molar-refractivity contribution in [2.45, 2.75) is 45.7 Å². The number of carbonyl (C=O) groups excluding carboxylic acids is 1. The molecule has 1 aliphatic rings. The van der Waals surface area contributed by atoms with Gasteiger partial charge in [-0.2, -0.15) is 0 Å². The summed E-state index contributed by atoms with van der Waals surface area (Å²) in [6.07, 6.45) is 2.07. The van der Waals surface area contributed by atoms with Crippen molar-refractivity contribution in [3.8, 4) is 0 Å². The Morgan fingerprint density at radius 2 is 2.06 bits per heavy atom. The minimum atomic E-state index is -0.975. The number of carboxylic acids is 1. The van der Waals surface area contributed by atoms with Gasteiger partial charge in [0.25, 0.3) is 0 Å². The highest BCUT2D eigenvalue weighted by molar-refractivity contribution is 5.87. The van der Waals surface area contributed by atoms with Gasteiger partial charge in [-0.15, -0.1) is 0 Å². The van der Waals surface area contributed by atoms with E-state index < -0.39 is 12.0 Å². The summed E-state index contributed by atoms with van der Waals surface area (Å²) >= 11 is 0. The van der Waals surface area contributed by atoms with Gasteiger partial charge in [-0.3, -0.25) is 4.79 Å². The van der Waals surface area contributed by atoms with E-state index in [1.807, 2.05) is 6.92 Å². The predicted octanol–water partition coefficient (Wildman–Crippen LogP) is 0.600. The van der Waals surface area contributed by atoms with Crippen LogP contribution in [0.25, 0.3) is 0 Å². The maximum absolute atomic E-state index is 12.0. The molecule has 1 rings (SSSR count). The van der Waals surface area contributed by atoms with Crippen molar-refractivity contribution in [3.63, 3.8) is 0 Å². The highest BCUT2D eigenvalue weighted by atomic mass is 16.4. The highest BCUT2D eigenvalue weighted by Gasteiger charge is 2.31. The number of piperidine rings is 1. The van der Waals surface area contributed by atoms with Gasteiger partial charge >= 0.3 is 5.97 Å². The second kappa shape index (κ2) is 6.00. The first-order valence-electron chi connectivity index (χ1n) is 6.20. The Bertz CT molecular complexity index is 291. The zero-order valence-corrected chi connectivity index (χ0v) is 10.7. The molecule has 17 heavy (non-hydrogen) atoms. The molecular formula is C12H22N2O3. The van der Waals surface area contributed by atoms with E-state index in [0.717, 1.165) is 19.4 Å². The quantitative estimate of drug-likeness (QED) is 0.674. The van der Waals surface area contributed by atoms with E-state index in [1.165, 1.54) is 0 Å². The summed E-state index contributed by atoms with van der Waals surface area (Å²) in [6.45, 7) is 6.41. The van der Waals surface area contributed by atoms with Gasteiger partial charge in [0, 0.05) is 0 Å². The van der Waals surface area contributed by atoms with Crippen LogP contribution in [-0.4, -0.2) is 35.6 Å². The molecule has 1 amide bonds. The number of hydrogen-bond acceptors (Lipinski definition) is 3. The van der Waals surface area contributed by atoms with E-state index in [0.29, 0.717) is 0 Å². The number of amides is 1. The van der Waals surface area contributed by atoms with Gasteiger partial charge in [-0.25, -0.2) is 4.79 Å². The third kappa shape index (κ3) is 3.70. The van der Waals surface area contributed by atoms with Crippen molar-refractivity contribution < 1.29 is 14.7 Å². The molecule has 0 spiro atoms. The number of carbonyl (C=O) groups is 2. The Morgan fingerprint density at radius 1 is 1.41 bits per heavy atom. The Morgan fingerprint density at radius 3 is 2.53 bits per heavy atom. The predicted molar refractivity (Wildman–Crippen MR) is 64.6 cm³/mol. The van der Waals surface area contributed by atoms with Crippen LogP contribution in [-0.2, 0) is 9.59 Å². The second-order valence-corrected chi connectivity index (χ2v) is 5.12. The van der Waals surface area contributed by atoms with E-state index in [4.69, 9.17) is 5.11 Å². The van der Waals surface area contributed by atoms with Gasteiger partial charge in [-0.05, 0) is 31.2 Å². The monoisotopic (exact) mass is 242 g/mol. The summed E-state index contributed by atoms with van der Waals surface area (Å²) in [5.41, 5.74) is 0. The normalized spacial score (nSPS) is 26.6. The van der Waals surface area contributed by atoms with Crippen molar-refractivity contribution in [2.24, 2.45) is 11.8 Å². The molecule has 5 heteroatoms. The second-order valence-electron chi connectivity index (χ2n) is 5.12. The van der Waals surface area contributed by atoms with Crippen LogP contribution in [0.2, 0.25) is 0 Å². The van der Waals surface area contributed by atoms with Crippen molar-refractivity contribution >= 4 is 11.9 Å². The molecule has 0 radical (unpaired) electrons. The average molecular weight is 242 g/mol. The van der Waals surface area contributed by atoms with Gasteiger partial charge in [0.05, 0.1) is 6.04 Å². The lowest BCUT2D eigenvalue weighted by molar-refractivity contribution is -0.143. The van der Waals surface area contributed by atoms with Crippen molar-refractivity contribution in [2.75, 3.05) is 6.54 Å². The molecule has 1 saturated heterocycles. The lowest BCUT2D eigenvalue weighted by atomic mass is 9.91. The molecule has 5 nitrogen and oxygen atoms in total. The average Bonchev–Trinajstić information content (AvgIpc) is 2.25. The third-order valence-corrected chi connectivity index (χ3v) is 3.28. The molecule has 0 aromatic carbocycles. The molecule has 0 bridgehead atoms. The minimum Gasteiger partial charge on any atom is -0.480 e. The van der Waals surface area contributed by atoms with Crippen LogP contribution in [0.15, 0.2) is 0 Å². The molecule has 3 N–H and O–H groups in total. The summed E-state index contributed by atoms with van der Waals surface area (Å²) in [5, 5.41) is 14.8. The maximum Gasteiger partial charge on any atom is 0.326 e. The van der Waals surface area contributed by atoms with E-state index in [9.17, 15) is 9.59 Å². The van der Waals surface area contributed by atoms with Crippen LogP contribution in [0.4, 0.5) is 0 Å². The number of carboxylic acid groups (broad SMARTS) is 1. The van der Waals surface area contributed by atoms with Crippen LogP contribution in [0.1, 0.15) is 33.6 Å². The number of hydrogen-bond donors (Lipinski definition) is 3. The molecule has 1 aliphatic heterocycles. The van der Waals surface area contributed by atoms with Crippen LogP contribution in [0, 0.1) is 11.8 Å². The molecule has 3 atom stereocenters. The molecule has 0 saturated carbocycles. The SMILES string of the molecule is CC(C)C(NC(=O)C1NCCCC1C)C(=O)O. The smallest absolute Gasteiger partial charge is 0.326 e. The molecule has 98 valence electrons. The molecule has 0 aromatic heterocycles. The van der Waals surface area contributed by atoms with E-state index in [2.05, 4.69) is 10.6 Å². The van der Waals surface area contributed by atoms with E-state index in [-0.39, 0.29) is 23.8 Å². The van der Waals surface area contributed by atoms with Gasteiger partial charge < -0.3 is 15.7 Å². The molecule has 0 aromatic rings. The van der Waals surface area contributed by atoms with E-state index >= 15 is 0 Å². The largest absolute Gasteiger partial charge is 0.480 e. The standard InChI is InChI=1S/C12H22N2O3/c1-7(2)9(12(16)17)14-11(15)10-8(3)5-4-6-13-10/h7-10,13H,4-6H2,1-3H3,(H,14,15)(H,16,17). The van der Waals surface area contributed by atoms with Crippen LogP contribution >= 0.6 is 0 Å². The fourth-order valence-corrected chi connectivity index (χ4v) is 2.16.